The standard InChI is InChI=1S/C13H14BrNO3S/c14-9-1-3-10(4-2-9)19-12-6-8-15(13(17)18)7-5-11(12)16/h1-4,12H,5-8H2,(H,17,18). The van der Waals surface area contributed by atoms with Gasteiger partial charge in [-0.3, -0.25) is 4.79 Å². The first-order valence-corrected chi connectivity index (χ1v) is 7.66. The largest absolute Gasteiger partial charge is 0.465 e. The SMILES string of the molecule is O=C1CCN(C(=O)O)CCC1Sc1ccc(Br)cc1. The second kappa shape index (κ2) is 6.43. The lowest BCUT2D eigenvalue weighted by Crippen LogP contribution is -2.30. The molecule has 102 valence electrons. The number of carboxylic acid groups (broad SMARTS) is 1. The van der Waals surface area contributed by atoms with E-state index in [2.05, 4.69) is 15.9 Å². The zero-order valence-corrected chi connectivity index (χ0v) is 12.6. The maximum Gasteiger partial charge on any atom is 0.407 e. The van der Waals surface area contributed by atoms with Crippen LogP contribution >= 0.6 is 27.7 Å². The zero-order valence-electron chi connectivity index (χ0n) is 10.2. The number of benzene rings is 1. The Kier molecular flexibility index (Phi) is 4.87. The summed E-state index contributed by atoms with van der Waals surface area (Å²) in [6, 6.07) is 7.80. The Hall–Kier alpha value is -1.01. The molecular weight excluding hydrogens is 330 g/mol. The van der Waals surface area contributed by atoms with E-state index in [1.807, 2.05) is 24.3 Å². The van der Waals surface area contributed by atoms with Gasteiger partial charge in [-0.2, -0.15) is 0 Å². The first kappa shape index (κ1) is 14.4. The van der Waals surface area contributed by atoms with Gasteiger partial charge in [-0.15, -0.1) is 11.8 Å². The van der Waals surface area contributed by atoms with Crippen LogP contribution in [0.1, 0.15) is 12.8 Å². The molecule has 1 heterocycles. The van der Waals surface area contributed by atoms with Crippen LogP contribution in [0.4, 0.5) is 4.79 Å². The number of likely N-dealkylation sites (tertiary alicyclic amines) is 1. The van der Waals surface area contributed by atoms with Gasteiger partial charge in [0.15, 0.2) is 0 Å². The van der Waals surface area contributed by atoms with Crippen LogP contribution in [0.15, 0.2) is 33.6 Å². The fourth-order valence-electron chi connectivity index (χ4n) is 1.95. The number of carbonyl (C=O) groups excluding carboxylic acids is 1. The molecule has 1 amide bonds. The van der Waals surface area contributed by atoms with E-state index in [4.69, 9.17) is 5.11 Å². The van der Waals surface area contributed by atoms with Crippen molar-refractivity contribution in [3.05, 3.63) is 28.7 Å². The molecule has 1 saturated heterocycles. The third-order valence-electron chi connectivity index (χ3n) is 3.01. The number of ketones is 1. The van der Waals surface area contributed by atoms with Crippen molar-refractivity contribution >= 4 is 39.6 Å². The fraction of sp³-hybridized carbons (Fsp3) is 0.385. The van der Waals surface area contributed by atoms with Crippen LogP contribution < -0.4 is 0 Å². The molecule has 0 bridgehead atoms. The van der Waals surface area contributed by atoms with E-state index in [1.165, 1.54) is 16.7 Å². The van der Waals surface area contributed by atoms with Gasteiger partial charge >= 0.3 is 6.09 Å². The molecule has 0 aliphatic carbocycles. The lowest BCUT2D eigenvalue weighted by Gasteiger charge is -2.15. The summed E-state index contributed by atoms with van der Waals surface area (Å²) >= 11 is 4.89. The minimum Gasteiger partial charge on any atom is -0.465 e. The summed E-state index contributed by atoms with van der Waals surface area (Å²) in [5.41, 5.74) is 0. The summed E-state index contributed by atoms with van der Waals surface area (Å²) in [6.07, 6.45) is -0.0612. The van der Waals surface area contributed by atoms with Gasteiger partial charge in [-0.25, -0.2) is 4.79 Å². The molecule has 0 aromatic heterocycles. The minimum atomic E-state index is -0.943. The van der Waals surface area contributed by atoms with Crippen molar-refractivity contribution in [3.8, 4) is 0 Å². The third-order valence-corrected chi connectivity index (χ3v) is 4.87. The average molecular weight is 344 g/mol. The van der Waals surface area contributed by atoms with Crippen molar-refractivity contribution < 1.29 is 14.7 Å². The highest BCUT2D eigenvalue weighted by molar-refractivity contribution is 9.10. The van der Waals surface area contributed by atoms with Crippen LogP contribution in [0.25, 0.3) is 0 Å². The fourth-order valence-corrected chi connectivity index (χ4v) is 3.30. The molecule has 1 aliphatic heterocycles. The summed E-state index contributed by atoms with van der Waals surface area (Å²) in [7, 11) is 0. The molecule has 1 aliphatic rings. The molecule has 6 heteroatoms. The summed E-state index contributed by atoms with van der Waals surface area (Å²) in [6.45, 7) is 0.737. The number of Topliss-reactive ketones (excluding diaryl/α,β-unsaturated/α-hetero) is 1. The van der Waals surface area contributed by atoms with Crippen LogP contribution in [-0.2, 0) is 4.79 Å². The average Bonchev–Trinajstić information content (AvgIpc) is 2.55. The number of nitrogens with zero attached hydrogens (tertiary/aromatic N) is 1. The molecule has 1 aromatic carbocycles. The molecule has 4 nitrogen and oxygen atoms in total. The number of hydrogen-bond acceptors (Lipinski definition) is 3. The van der Waals surface area contributed by atoms with E-state index in [-0.39, 0.29) is 11.0 Å². The second-order valence-electron chi connectivity index (χ2n) is 4.34. The molecular formula is C13H14BrNO3S. The zero-order chi connectivity index (χ0) is 13.8. The van der Waals surface area contributed by atoms with Crippen molar-refractivity contribution in [2.45, 2.75) is 23.0 Å². The summed E-state index contributed by atoms with van der Waals surface area (Å²) in [5, 5.41) is 8.81. The number of halogens is 1. The Morgan fingerprint density at radius 1 is 1.32 bits per heavy atom. The van der Waals surface area contributed by atoms with Crippen LogP contribution in [0.2, 0.25) is 0 Å². The summed E-state index contributed by atoms with van der Waals surface area (Å²) in [5.74, 6) is 0.136. The third kappa shape index (κ3) is 3.98. The molecule has 19 heavy (non-hydrogen) atoms. The summed E-state index contributed by atoms with van der Waals surface area (Å²) < 4.78 is 1.00. The normalized spacial score (nSPS) is 20.2. The number of rotatable bonds is 2. The van der Waals surface area contributed by atoms with Crippen molar-refractivity contribution in [1.82, 2.24) is 4.90 Å². The van der Waals surface area contributed by atoms with Crippen molar-refractivity contribution in [1.29, 1.82) is 0 Å². The Labute approximate surface area is 124 Å². The maximum absolute atomic E-state index is 12.0. The van der Waals surface area contributed by atoms with Gasteiger partial charge in [0.05, 0.1) is 5.25 Å². The van der Waals surface area contributed by atoms with Gasteiger partial charge in [0.25, 0.3) is 0 Å². The molecule has 0 saturated carbocycles. The minimum absolute atomic E-state index is 0.136. The highest BCUT2D eigenvalue weighted by atomic mass is 79.9. The van der Waals surface area contributed by atoms with Gasteiger partial charge < -0.3 is 10.0 Å². The van der Waals surface area contributed by atoms with Gasteiger partial charge in [0, 0.05) is 28.9 Å². The molecule has 0 spiro atoms. The highest BCUT2D eigenvalue weighted by Crippen LogP contribution is 2.29. The Balaban J connectivity index is 2.01. The van der Waals surface area contributed by atoms with Crippen molar-refractivity contribution in [2.24, 2.45) is 0 Å². The lowest BCUT2D eigenvalue weighted by molar-refractivity contribution is -0.118. The molecule has 1 fully saturated rings. The highest BCUT2D eigenvalue weighted by Gasteiger charge is 2.26. The van der Waals surface area contributed by atoms with Gasteiger partial charge in [0.2, 0.25) is 0 Å². The van der Waals surface area contributed by atoms with E-state index in [9.17, 15) is 9.59 Å². The molecule has 1 unspecified atom stereocenters. The molecule has 1 atom stereocenters. The summed E-state index contributed by atoms with van der Waals surface area (Å²) in [4.78, 5) is 25.3. The molecule has 0 radical (unpaired) electrons. The molecule has 1 N–H and O–H groups in total. The van der Waals surface area contributed by atoms with Gasteiger partial charge in [-0.1, -0.05) is 15.9 Å². The number of hydrogen-bond donors (Lipinski definition) is 1. The Morgan fingerprint density at radius 2 is 2.00 bits per heavy atom. The quantitative estimate of drug-likeness (QED) is 0.895. The molecule has 2 rings (SSSR count). The van der Waals surface area contributed by atoms with E-state index in [1.54, 1.807) is 0 Å². The van der Waals surface area contributed by atoms with Gasteiger partial charge in [-0.05, 0) is 30.7 Å². The number of amides is 1. The first-order chi connectivity index (χ1) is 9.06. The van der Waals surface area contributed by atoms with E-state index >= 15 is 0 Å². The number of carbonyl (C=O) groups is 2. The lowest BCUT2D eigenvalue weighted by atomic mass is 10.2. The van der Waals surface area contributed by atoms with E-state index < -0.39 is 6.09 Å². The topological polar surface area (TPSA) is 57.6 Å². The Bertz CT molecular complexity index is 477. The van der Waals surface area contributed by atoms with Gasteiger partial charge in [0.1, 0.15) is 5.78 Å². The van der Waals surface area contributed by atoms with Crippen LogP contribution in [-0.4, -0.2) is 40.2 Å². The second-order valence-corrected chi connectivity index (χ2v) is 6.53. The van der Waals surface area contributed by atoms with E-state index in [0.717, 1.165) is 9.37 Å². The predicted octanol–water partition coefficient (Wildman–Crippen LogP) is 3.25. The monoisotopic (exact) mass is 343 g/mol. The predicted molar refractivity (Wildman–Crippen MR) is 77.6 cm³/mol. The first-order valence-electron chi connectivity index (χ1n) is 5.99. The molecule has 1 aromatic rings. The smallest absolute Gasteiger partial charge is 0.407 e. The van der Waals surface area contributed by atoms with Crippen LogP contribution in [0.5, 0.6) is 0 Å². The Morgan fingerprint density at radius 3 is 2.63 bits per heavy atom. The van der Waals surface area contributed by atoms with Crippen LogP contribution in [0, 0.1) is 0 Å². The van der Waals surface area contributed by atoms with Crippen molar-refractivity contribution in [2.75, 3.05) is 13.1 Å². The van der Waals surface area contributed by atoms with E-state index in [0.29, 0.717) is 25.9 Å². The van der Waals surface area contributed by atoms with Crippen molar-refractivity contribution in [3.63, 3.8) is 0 Å². The maximum atomic E-state index is 12.0. The van der Waals surface area contributed by atoms with Crippen LogP contribution in [0.3, 0.4) is 0 Å². The number of thioether (sulfide) groups is 1.